The summed E-state index contributed by atoms with van der Waals surface area (Å²) in [6, 6.07) is 2.72. The molecule has 0 bridgehead atoms. The number of methoxy groups -OCH3 is 1. The molecule has 1 amide bonds. The zero-order valence-corrected chi connectivity index (χ0v) is 11.2. The van der Waals surface area contributed by atoms with Crippen molar-refractivity contribution in [3.8, 4) is 0 Å². The van der Waals surface area contributed by atoms with Crippen molar-refractivity contribution in [1.82, 2.24) is 15.5 Å². The number of amides is 1. The van der Waals surface area contributed by atoms with Crippen molar-refractivity contribution in [2.45, 2.75) is 13.0 Å². The van der Waals surface area contributed by atoms with Gasteiger partial charge in [0.15, 0.2) is 5.82 Å². The topological polar surface area (TPSA) is 77.2 Å². The van der Waals surface area contributed by atoms with Gasteiger partial charge in [0.05, 0.1) is 25.1 Å². The molecule has 0 aliphatic heterocycles. The Hall–Kier alpha value is -2.35. The monoisotopic (exact) mass is 297 g/mol. The quantitative estimate of drug-likeness (QED) is 0.873. The summed E-state index contributed by atoms with van der Waals surface area (Å²) in [7, 11) is 1.55. The second-order valence-electron chi connectivity index (χ2n) is 4.15. The molecule has 0 spiro atoms. The fraction of sp³-hybridized carbons (Fsp3) is 0.308. The number of carbonyl (C=O) groups is 1. The first-order chi connectivity index (χ1) is 10.1. The highest BCUT2D eigenvalue weighted by Crippen LogP contribution is 2.09. The Morgan fingerprint density at radius 3 is 2.95 bits per heavy atom. The first-order valence-corrected chi connectivity index (χ1v) is 6.14. The van der Waals surface area contributed by atoms with Gasteiger partial charge in [-0.1, -0.05) is 5.16 Å². The smallest absolute Gasteiger partial charge is 0.254 e. The molecule has 0 fully saturated rings. The summed E-state index contributed by atoms with van der Waals surface area (Å²) in [5.41, 5.74) is -0.250. The highest BCUT2D eigenvalue weighted by molar-refractivity contribution is 5.94. The van der Waals surface area contributed by atoms with Gasteiger partial charge >= 0.3 is 0 Å². The predicted octanol–water partition coefficient (Wildman–Crippen LogP) is 1.47. The Balaban J connectivity index is 1.93. The summed E-state index contributed by atoms with van der Waals surface area (Å²) in [5, 5.41) is 6.09. The minimum absolute atomic E-state index is 0.0217. The Kier molecular flexibility index (Phi) is 4.94. The highest BCUT2D eigenvalue weighted by Gasteiger charge is 2.13. The van der Waals surface area contributed by atoms with Crippen LogP contribution in [0.4, 0.5) is 8.78 Å². The van der Waals surface area contributed by atoms with Gasteiger partial charge in [-0.25, -0.2) is 8.78 Å². The summed E-state index contributed by atoms with van der Waals surface area (Å²) in [6.45, 7) is 0.418. The summed E-state index contributed by atoms with van der Waals surface area (Å²) >= 11 is 0. The molecule has 1 aromatic heterocycles. The van der Waals surface area contributed by atoms with Crippen LogP contribution in [0, 0.1) is 11.6 Å². The fourth-order valence-corrected chi connectivity index (χ4v) is 1.58. The maximum Gasteiger partial charge on any atom is 0.254 e. The number of nitrogens with one attached hydrogen (secondary N) is 1. The van der Waals surface area contributed by atoms with Crippen LogP contribution in [-0.4, -0.2) is 29.8 Å². The largest absolute Gasteiger partial charge is 0.384 e. The average molecular weight is 297 g/mol. The van der Waals surface area contributed by atoms with Crippen LogP contribution in [0.15, 0.2) is 22.7 Å². The lowest BCUT2D eigenvalue weighted by Crippen LogP contribution is -2.24. The van der Waals surface area contributed by atoms with Crippen molar-refractivity contribution in [1.29, 1.82) is 0 Å². The van der Waals surface area contributed by atoms with Gasteiger partial charge in [-0.05, 0) is 12.1 Å². The Labute approximate surface area is 119 Å². The van der Waals surface area contributed by atoms with Crippen LogP contribution in [0.25, 0.3) is 0 Å². The Bertz CT molecular complexity index is 631. The van der Waals surface area contributed by atoms with Crippen molar-refractivity contribution in [3.63, 3.8) is 0 Å². The van der Waals surface area contributed by atoms with Crippen LogP contribution >= 0.6 is 0 Å². The summed E-state index contributed by atoms with van der Waals surface area (Å²) in [4.78, 5) is 15.8. The van der Waals surface area contributed by atoms with Crippen molar-refractivity contribution >= 4 is 5.91 Å². The molecule has 0 saturated carbocycles. The van der Waals surface area contributed by atoms with Crippen molar-refractivity contribution in [3.05, 3.63) is 47.1 Å². The van der Waals surface area contributed by atoms with E-state index in [-0.39, 0.29) is 17.9 Å². The number of nitrogens with zero attached hydrogens (tertiary/aromatic N) is 2. The van der Waals surface area contributed by atoms with E-state index in [0.717, 1.165) is 12.1 Å². The minimum atomic E-state index is -0.929. The van der Waals surface area contributed by atoms with E-state index in [4.69, 9.17) is 9.26 Å². The number of rotatable bonds is 6. The molecular weight excluding hydrogens is 284 g/mol. The average Bonchev–Trinajstić information content (AvgIpc) is 2.90. The van der Waals surface area contributed by atoms with Gasteiger partial charge in [0.1, 0.15) is 11.6 Å². The number of ether oxygens (including phenoxy) is 1. The molecule has 0 aliphatic rings. The number of benzene rings is 1. The van der Waals surface area contributed by atoms with Gasteiger partial charge in [0, 0.05) is 13.2 Å². The van der Waals surface area contributed by atoms with Gasteiger partial charge in [0.2, 0.25) is 5.89 Å². The van der Waals surface area contributed by atoms with Crippen LogP contribution in [0.2, 0.25) is 0 Å². The van der Waals surface area contributed by atoms with Crippen LogP contribution in [0.1, 0.15) is 22.1 Å². The molecule has 6 nitrogen and oxygen atoms in total. The minimum Gasteiger partial charge on any atom is -0.384 e. The van der Waals surface area contributed by atoms with E-state index >= 15 is 0 Å². The summed E-state index contributed by atoms with van der Waals surface area (Å²) < 4.78 is 35.9. The van der Waals surface area contributed by atoms with E-state index in [9.17, 15) is 13.6 Å². The number of halogens is 2. The predicted molar refractivity (Wildman–Crippen MR) is 67.4 cm³/mol. The zero-order chi connectivity index (χ0) is 15.2. The number of carbonyl (C=O) groups excluding carboxylic acids is 1. The molecule has 1 N–H and O–H groups in total. The van der Waals surface area contributed by atoms with Gasteiger partial charge in [-0.15, -0.1) is 0 Å². The van der Waals surface area contributed by atoms with E-state index in [0.29, 0.717) is 25.0 Å². The Morgan fingerprint density at radius 2 is 2.24 bits per heavy atom. The van der Waals surface area contributed by atoms with Gasteiger partial charge in [-0.3, -0.25) is 4.79 Å². The summed E-state index contributed by atoms with van der Waals surface area (Å²) in [5.74, 6) is -1.71. The number of hydrogen-bond acceptors (Lipinski definition) is 5. The third kappa shape index (κ3) is 4.06. The lowest BCUT2D eigenvalue weighted by atomic mass is 10.2. The normalized spacial score (nSPS) is 10.6. The van der Waals surface area contributed by atoms with Crippen molar-refractivity contribution in [2.75, 3.05) is 13.7 Å². The van der Waals surface area contributed by atoms with E-state index in [1.54, 1.807) is 7.11 Å². The van der Waals surface area contributed by atoms with Crippen LogP contribution < -0.4 is 5.32 Å². The second-order valence-corrected chi connectivity index (χ2v) is 4.15. The van der Waals surface area contributed by atoms with E-state index in [1.165, 1.54) is 0 Å². The van der Waals surface area contributed by atoms with Crippen LogP contribution in [-0.2, 0) is 17.7 Å². The van der Waals surface area contributed by atoms with E-state index in [2.05, 4.69) is 15.5 Å². The van der Waals surface area contributed by atoms with Crippen LogP contribution in [0.3, 0.4) is 0 Å². The molecule has 2 rings (SSSR count). The SMILES string of the molecule is COCCc1nc(CNC(=O)c2ccc(F)cc2F)no1. The molecular formula is C13H13F2N3O3. The van der Waals surface area contributed by atoms with E-state index < -0.39 is 17.5 Å². The van der Waals surface area contributed by atoms with Crippen molar-refractivity contribution < 1.29 is 22.8 Å². The third-order valence-corrected chi connectivity index (χ3v) is 2.61. The van der Waals surface area contributed by atoms with Crippen LogP contribution in [0.5, 0.6) is 0 Å². The number of hydrogen-bond donors (Lipinski definition) is 1. The molecule has 21 heavy (non-hydrogen) atoms. The molecule has 2 aromatic rings. The van der Waals surface area contributed by atoms with Gasteiger partial charge < -0.3 is 14.6 Å². The lowest BCUT2D eigenvalue weighted by Gasteiger charge is -2.03. The molecule has 1 aromatic carbocycles. The molecule has 8 heteroatoms. The van der Waals surface area contributed by atoms with Gasteiger partial charge in [0.25, 0.3) is 5.91 Å². The fourth-order valence-electron chi connectivity index (χ4n) is 1.58. The molecule has 0 atom stereocenters. The van der Waals surface area contributed by atoms with Gasteiger partial charge in [-0.2, -0.15) is 4.98 Å². The molecule has 0 saturated heterocycles. The third-order valence-electron chi connectivity index (χ3n) is 2.61. The van der Waals surface area contributed by atoms with E-state index in [1.807, 2.05) is 0 Å². The maximum atomic E-state index is 13.4. The molecule has 0 unspecified atom stereocenters. The molecule has 0 radical (unpaired) electrons. The van der Waals surface area contributed by atoms with Crippen molar-refractivity contribution in [2.24, 2.45) is 0 Å². The highest BCUT2D eigenvalue weighted by atomic mass is 19.1. The Morgan fingerprint density at radius 1 is 1.43 bits per heavy atom. The summed E-state index contributed by atoms with van der Waals surface area (Å²) in [6.07, 6.45) is 0.462. The molecule has 112 valence electrons. The molecule has 0 aliphatic carbocycles. The molecule has 1 heterocycles. The standard InChI is InChI=1S/C13H13F2N3O3/c1-20-5-4-12-17-11(18-21-12)7-16-13(19)9-3-2-8(14)6-10(9)15/h2-3,6H,4-5,7H2,1H3,(H,16,19). The first kappa shape index (κ1) is 15.0. The zero-order valence-electron chi connectivity index (χ0n) is 11.2. The second kappa shape index (κ2) is 6.89. The number of aromatic nitrogens is 2. The lowest BCUT2D eigenvalue weighted by molar-refractivity contribution is 0.0945. The first-order valence-electron chi connectivity index (χ1n) is 6.14. The maximum absolute atomic E-state index is 13.4.